The SMILES string of the molecule is CN(C)CCN(C(=O)c1cc2ccccc2oc1=O)c1nc2cc3c(cc2s1)OCO3. The highest BCUT2D eigenvalue weighted by Crippen LogP contribution is 2.40. The van der Waals surface area contributed by atoms with Crippen molar-refractivity contribution in [3.63, 3.8) is 0 Å². The number of likely N-dealkylation sites (N-methyl/N-ethyl adjacent to an activating group) is 1. The van der Waals surface area contributed by atoms with Crippen molar-refractivity contribution in [1.29, 1.82) is 0 Å². The quantitative estimate of drug-likeness (QED) is 0.443. The number of aromatic nitrogens is 1. The molecule has 0 bridgehead atoms. The number of hydrogen-bond acceptors (Lipinski definition) is 8. The van der Waals surface area contributed by atoms with Crippen LogP contribution in [0.5, 0.6) is 11.5 Å². The number of ether oxygens (including phenoxy) is 2. The van der Waals surface area contributed by atoms with Crippen LogP contribution in [0, 0.1) is 0 Å². The molecule has 3 heterocycles. The standard InChI is InChI=1S/C22H19N3O5S/c1-24(2)7-8-25(20(26)14-9-13-5-3-4-6-16(13)30-21(14)27)22-23-15-10-17-18(29-12-28-17)11-19(15)31-22/h3-6,9-11H,7-8,12H2,1-2H3. The van der Waals surface area contributed by atoms with Gasteiger partial charge in [-0.2, -0.15) is 0 Å². The normalized spacial score (nSPS) is 12.7. The van der Waals surface area contributed by atoms with E-state index in [4.69, 9.17) is 13.9 Å². The molecule has 2 aromatic heterocycles. The van der Waals surface area contributed by atoms with Crippen molar-refractivity contribution in [1.82, 2.24) is 9.88 Å². The zero-order chi connectivity index (χ0) is 21.5. The Labute approximate surface area is 181 Å². The first kappa shape index (κ1) is 19.5. The monoisotopic (exact) mass is 437 g/mol. The van der Waals surface area contributed by atoms with Crippen molar-refractivity contribution >= 4 is 43.6 Å². The van der Waals surface area contributed by atoms with Gasteiger partial charge in [-0.15, -0.1) is 0 Å². The van der Waals surface area contributed by atoms with Crippen molar-refractivity contribution in [2.45, 2.75) is 0 Å². The fourth-order valence-electron chi connectivity index (χ4n) is 3.36. The summed E-state index contributed by atoms with van der Waals surface area (Å²) in [5.74, 6) is 0.843. The summed E-state index contributed by atoms with van der Waals surface area (Å²) in [6.07, 6.45) is 0. The first-order valence-electron chi connectivity index (χ1n) is 9.69. The van der Waals surface area contributed by atoms with Gasteiger partial charge in [-0.25, -0.2) is 9.78 Å². The van der Waals surface area contributed by atoms with Crippen molar-refractivity contribution < 1.29 is 18.7 Å². The summed E-state index contributed by atoms with van der Waals surface area (Å²) in [6.45, 7) is 1.15. The second-order valence-corrected chi connectivity index (χ2v) is 8.42. The summed E-state index contributed by atoms with van der Waals surface area (Å²) < 4.78 is 17.1. The second-order valence-electron chi connectivity index (χ2n) is 7.42. The molecule has 9 heteroatoms. The van der Waals surface area contributed by atoms with Crippen molar-refractivity contribution in [3.05, 3.63) is 58.4 Å². The van der Waals surface area contributed by atoms with Crippen LogP contribution in [-0.4, -0.2) is 49.8 Å². The average Bonchev–Trinajstić information content (AvgIpc) is 3.36. The number of nitrogens with zero attached hydrogens (tertiary/aromatic N) is 3. The smallest absolute Gasteiger partial charge is 0.349 e. The van der Waals surface area contributed by atoms with Crippen LogP contribution in [0.15, 0.2) is 51.7 Å². The number of benzene rings is 2. The molecule has 0 N–H and O–H groups in total. The lowest BCUT2D eigenvalue weighted by atomic mass is 10.1. The number of carbonyl (C=O) groups excluding carboxylic acids is 1. The molecule has 2 aromatic carbocycles. The van der Waals surface area contributed by atoms with Crippen LogP contribution in [0.2, 0.25) is 0 Å². The van der Waals surface area contributed by atoms with E-state index in [0.717, 1.165) is 4.70 Å². The number of carbonyl (C=O) groups is 1. The van der Waals surface area contributed by atoms with Crippen LogP contribution in [-0.2, 0) is 0 Å². The summed E-state index contributed by atoms with van der Waals surface area (Å²) >= 11 is 1.36. The topological polar surface area (TPSA) is 85.1 Å². The third-order valence-electron chi connectivity index (χ3n) is 4.99. The molecule has 0 radical (unpaired) electrons. The number of thiazole rings is 1. The molecule has 1 amide bonds. The maximum Gasteiger partial charge on any atom is 0.349 e. The molecule has 0 unspecified atom stereocenters. The van der Waals surface area contributed by atoms with E-state index in [1.165, 1.54) is 16.2 Å². The van der Waals surface area contributed by atoms with Gasteiger partial charge in [0.2, 0.25) is 6.79 Å². The molecule has 0 spiro atoms. The molecule has 0 aliphatic carbocycles. The van der Waals surface area contributed by atoms with Crippen molar-refractivity contribution in [3.8, 4) is 11.5 Å². The van der Waals surface area contributed by atoms with Gasteiger partial charge in [-0.3, -0.25) is 9.69 Å². The van der Waals surface area contributed by atoms with E-state index >= 15 is 0 Å². The van der Waals surface area contributed by atoms with Gasteiger partial charge in [-0.1, -0.05) is 29.5 Å². The van der Waals surface area contributed by atoms with Crippen LogP contribution < -0.4 is 20.0 Å². The van der Waals surface area contributed by atoms with Gasteiger partial charge in [0.05, 0.1) is 10.2 Å². The van der Waals surface area contributed by atoms with Crippen LogP contribution in [0.3, 0.4) is 0 Å². The van der Waals surface area contributed by atoms with Crippen LogP contribution in [0.25, 0.3) is 21.2 Å². The summed E-state index contributed by atoms with van der Waals surface area (Å²) in [6, 6.07) is 12.4. The van der Waals surface area contributed by atoms with Gasteiger partial charge in [0.1, 0.15) is 11.1 Å². The summed E-state index contributed by atoms with van der Waals surface area (Å²) in [5, 5.41) is 1.19. The molecular weight excluding hydrogens is 418 g/mol. The zero-order valence-electron chi connectivity index (χ0n) is 17.0. The third-order valence-corrected chi connectivity index (χ3v) is 6.03. The molecule has 158 valence electrons. The first-order valence-corrected chi connectivity index (χ1v) is 10.5. The lowest BCUT2D eigenvalue weighted by Gasteiger charge is -2.21. The van der Waals surface area contributed by atoms with Gasteiger partial charge < -0.3 is 18.8 Å². The first-order chi connectivity index (χ1) is 15.0. The van der Waals surface area contributed by atoms with E-state index in [9.17, 15) is 9.59 Å². The lowest BCUT2D eigenvalue weighted by molar-refractivity contribution is 0.0982. The Morgan fingerprint density at radius 3 is 2.68 bits per heavy atom. The van der Waals surface area contributed by atoms with E-state index < -0.39 is 11.5 Å². The van der Waals surface area contributed by atoms with Gasteiger partial charge >= 0.3 is 5.63 Å². The second kappa shape index (κ2) is 7.68. The molecule has 8 nitrogen and oxygen atoms in total. The fraction of sp³-hybridized carbons (Fsp3) is 0.227. The van der Waals surface area contributed by atoms with Crippen molar-refractivity contribution in [2.24, 2.45) is 0 Å². The predicted molar refractivity (Wildman–Crippen MR) is 118 cm³/mol. The number of anilines is 1. The van der Waals surface area contributed by atoms with E-state index in [-0.39, 0.29) is 12.4 Å². The molecule has 0 fully saturated rings. The van der Waals surface area contributed by atoms with Crippen LogP contribution in [0.4, 0.5) is 5.13 Å². The fourth-order valence-corrected chi connectivity index (χ4v) is 4.36. The Morgan fingerprint density at radius 1 is 1.10 bits per heavy atom. The molecular formula is C22H19N3O5S. The molecule has 5 rings (SSSR count). The highest BCUT2D eigenvalue weighted by Gasteiger charge is 2.26. The minimum Gasteiger partial charge on any atom is -0.454 e. The van der Waals surface area contributed by atoms with Gasteiger partial charge in [-0.05, 0) is 26.2 Å². The maximum atomic E-state index is 13.5. The van der Waals surface area contributed by atoms with E-state index in [1.54, 1.807) is 30.3 Å². The van der Waals surface area contributed by atoms with E-state index in [0.29, 0.717) is 46.2 Å². The maximum absolute atomic E-state index is 13.5. The van der Waals surface area contributed by atoms with Gasteiger partial charge in [0, 0.05) is 30.6 Å². The van der Waals surface area contributed by atoms with Gasteiger partial charge in [0.25, 0.3) is 5.91 Å². The van der Waals surface area contributed by atoms with Crippen LogP contribution in [0.1, 0.15) is 10.4 Å². The van der Waals surface area contributed by atoms with Crippen LogP contribution >= 0.6 is 11.3 Å². The molecule has 1 aliphatic rings. The molecule has 1 aliphatic heterocycles. The molecule has 0 saturated carbocycles. The summed E-state index contributed by atoms with van der Waals surface area (Å²) in [4.78, 5) is 34.2. The molecule has 0 atom stereocenters. The minimum atomic E-state index is -0.666. The number of fused-ring (bicyclic) bond motifs is 3. The average molecular weight is 437 g/mol. The number of hydrogen-bond donors (Lipinski definition) is 0. The van der Waals surface area contributed by atoms with Gasteiger partial charge in [0.15, 0.2) is 16.6 Å². The molecule has 31 heavy (non-hydrogen) atoms. The number of rotatable bonds is 5. The largest absolute Gasteiger partial charge is 0.454 e. The zero-order valence-corrected chi connectivity index (χ0v) is 17.8. The van der Waals surface area contributed by atoms with E-state index in [2.05, 4.69) is 4.98 Å². The minimum absolute atomic E-state index is 0.0223. The summed E-state index contributed by atoms with van der Waals surface area (Å²) in [5.41, 5.74) is 0.460. The molecule has 0 saturated heterocycles. The Morgan fingerprint density at radius 2 is 1.87 bits per heavy atom. The Kier molecular flexibility index (Phi) is 4.84. The highest BCUT2D eigenvalue weighted by molar-refractivity contribution is 7.22. The Balaban J connectivity index is 1.57. The number of para-hydroxylation sites is 1. The number of amides is 1. The van der Waals surface area contributed by atoms with Crippen molar-refractivity contribution in [2.75, 3.05) is 38.9 Å². The summed E-state index contributed by atoms with van der Waals surface area (Å²) in [7, 11) is 3.84. The Bertz CT molecular complexity index is 1320. The molecule has 4 aromatic rings. The highest BCUT2D eigenvalue weighted by atomic mass is 32.1. The third kappa shape index (κ3) is 3.62. The van der Waals surface area contributed by atoms with E-state index in [1.807, 2.05) is 31.1 Å². The lowest BCUT2D eigenvalue weighted by Crippen LogP contribution is -2.38. The predicted octanol–water partition coefficient (Wildman–Crippen LogP) is 3.34. The Hall–Kier alpha value is -3.43.